The second-order valence-corrected chi connectivity index (χ2v) is 6.74. The molecular formula is C18H13NO4S. The fraction of sp³-hybridized carbons (Fsp3) is 0.167. The Bertz CT molecular complexity index is 842. The van der Waals surface area contributed by atoms with Crippen LogP contribution in [0.25, 0.3) is 0 Å². The minimum Gasteiger partial charge on any atom is -0.324 e. The highest BCUT2D eigenvalue weighted by atomic mass is 32.2. The van der Waals surface area contributed by atoms with Crippen molar-refractivity contribution in [2.24, 2.45) is 0 Å². The Hall–Kier alpha value is -2.60. The third-order valence-electron chi connectivity index (χ3n) is 4.08. The maximum atomic E-state index is 12.4. The number of amides is 2. The molecule has 2 aromatic carbocycles. The number of carbonyl (C=O) groups is 3. The monoisotopic (exact) mass is 339 g/mol. The van der Waals surface area contributed by atoms with E-state index in [4.69, 9.17) is 4.84 Å². The van der Waals surface area contributed by atoms with Gasteiger partial charge in [-0.1, -0.05) is 17.2 Å². The van der Waals surface area contributed by atoms with Gasteiger partial charge < -0.3 is 4.84 Å². The third kappa shape index (κ3) is 2.39. The lowest BCUT2D eigenvalue weighted by molar-refractivity contribution is -0.0584. The number of fused-ring (bicyclic) bond motifs is 2. The van der Waals surface area contributed by atoms with Gasteiger partial charge in [0.2, 0.25) is 0 Å². The molecule has 2 aliphatic rings. The molecule has 0 saturated heterocycles. The first-order chi connectivity index (χ1) is 11.6. The Morgan fingerprint density at radius 3 is 2.46 bits per heavy atom. The van der Waals surface area contributed by atoms with Crippen molar-refractivity contribution in [3.63, 3.8) is 0 Å². The van der Waals surface area contributed by atoms with Gasteiger partial charge in [-0.3, -0.25) is 9.59 Å². The van der Waals surface area contributed by atoms with Crippen LogP contribution in [0.1, 0.15) is 43.1 Å². The SMILES string of the molecule is O=C(ON1C(=O)c2ccccc2C1=O)c1ccc2c(c1)CCCS2. The number of benzene rings is 2. The molecule has 0 aromatic heterocycles. The van der Waals surface area contributed by atoms with Crippen molar-refractivity contribution in [1.82, 2.24) is 5.06 Å². The number of rotatable bonds is 2. The summed E-state index contributed by atoms with van der Waals surface area (Å²) in [6.07, 6.45) is 1.98. The van der Waals surface area contributed by atoms with E-state index >= 15 is 0 Å². The topological polar surface area (TPSA) is 63.7 Å². The van der Waals surface area contributed by atoms with E-state index in [1.165, 1.54) is 4.90 Å². The van der Waals surface area contributed by atoms with Crippen molar-refractivity contribution >= 4 is 29.5 Å². The summed E-state index contributed by atoms with van der Waals surface area (Å²) >= 11 is 1.76. The van der Waals surface area contributed by atoms with Crippen LogP contribution in [0, 0.1) is 0 Å². The van der Waals surface area contributed by atoms with E-state index in [1.807, 2.05) is 6.07 Å². The molecule has 0 atom stereocenters. The highest BCUT2D eigenvalue weighted by molar-refractivity contribution is 7.99. The van der Waals surface area contributed by atoms with Gasteiger partial charge in [0, 0.05) is 4.90 Å². The molecule has 24 heavy (non-hydrogen) atoms. The van der Waals surface area contributed by atoms with Gasteiger partial charge in [0.1, 0.15) is 0 Å². The van der Waals surface area contributed by atoms with Crippen molar-refractivity contribution in [1.29, 1.82) is 0 Å². The summed E-state index contributed by atoms with van der Waals surface area (Å²) in [5, 5.41) is 0.543. The van der Waals surface area contributed by atoms with E-state index in [9.17, 15) is 14.4 Å². The fourth-order valence-electron chi connectivity index (χ4n) is 2.87. The highest BCUT2D eigenvalue weighted by Crippen LogP contribution is 2.31. The van der Waals surface area contributed by atoms with Crippen LogP contribution in [0.15, 0.2) is 47.4 Å². The van der Waals surface area contributed by atoms with Crippen LogP contribution in [0.2, 0.25) is 0 Å². The molecule has 2 amide bonds. The number of nitrogens with zero attached hydrogens (tertiary/aromatic N) is 1. The van der Waals surface area contributed by atoms with Gasteiger partial charge in [-0.25, -0.2) is 4.79 Å². The van der Waals surface area contributed by atoms with Gasteiger partial charge in [-0.15, -0.1) is 11.8 Å². The van der Waals surface area contributed by atoms with Crippen molar-refractivity contribution < 1.29 is 19.2 Å². The zero-order valence-corrected chi connectivity index (χ0v) is 13.5. The van der Waals surface area contributed by atoms with E-state index in [1.54, 1.807) is 48.2 Å². The van der Waals surface area contributed by atoms with Gasteiger partial charge in [0.05, 0.1) is 16.7 Å². The van der Waals surface area contributed by atoms with Crippen LogP contribution in [0.5, 0.6) is 0 Å². The van der Waals surface area contributed by atoms with Gasteiger partial charge in [-0.05, 0) is 54.5 Å². The summed E-state index contributed by atoms with van der Waals surface area (Å²) in [5.41, 5.74) is 1.94. The minimum atomic E-state index is -0.706. The molecular weight excluding hydrogens is 326 g/mol. The smallest absolute Gasteiger partial charge is 0.324 e. The first kappa shape index (κ1) is 15.0. The molecule has 0 fully saturated rings. The molecule has 6 heteroatoms. The lowest BCUT2D eigenvalue weighted by Crippen LogP contribution is -2.32. The fourth-order valence-corrected chi connectivity index (χ4v) is 3.89. The zero-order valence-electron chi connectivity index (χ0n) is 12.7. The van der Waals surface area contributed by atoms with E-state index in [-0.39, 0.29) is 11.1 Å². The Kier molecular flexibility index (Phi) is 3.61. The first-order valence-corrected chi connectivity index (χ1v) is 8.59. The van der Waals surface area contributed by atoms with Crippen molar-refractivity contribution in [3.05, 3.63) is 64.7 Å². The molecule has 120 valence electrons. The molecule has 0 aliphatic carbocycles. The molecule has 0 spiro atoms. The molecule has 0 N–H and O–H groups in total. The third-order valence-corrected chi connectivity index (χ3v) is 5.28. The molecule has 0 unspecified atom stereocenters. The second-order valence-electron chi connectivity index (χ2n) is 5.60. The van der Waals surface area contributed by atoms with E-state index in [0.717, 1.165) is 24.2 Å². The number of carbonyl (C=O) groups excluding carboxylic acids is 3. The molecule has 5 nitrogen and oxygen atoms in total. The van der Waals surface area contributed by atoms with Gasteiger partial charge in [0.25, 0.3) is 11.8 Å². The Morgan fingerprint density at radius 2 is 1.75 bits per heavy atom. The molecule has 2 aromatic rings. The lowest BCUT2D eigenvalue weighted by atomic mass is 10.1. The van der Waals surface area contributed by atoms with Gasteiger partial charge >= 0.3 is 5.97 Å². The van der Waals surface area contributed by atoms with Gasteiger partial charge in [0.15, 0.2) is 0 Å². The van der Waals surface area contributed by atoms with Crippen molar-refractivity contribution in [2.75, 3.05) is 5.75 Å². The maximum absolute atomic E-state index is 12.4. The standard InChI is InChI=1S/C18H13NO4S/c20-16-13-5-1-2-6-14(13)17(21)19(16)23-18(22)12-7-8-15-11(10-12)4-3-9-24-15/h1-2,5-8,10H,3-4,9H2. The summed E-state index contributed by atoms with van der Waals surface area (Å²) in [4.78, 5) is 43.1. The number of aryl methyl sites for hydroxylation is 1. The number of hydroxylamine groups is 2. The molecule has 2 heterocycles. The molecule has 0 bridgehead atoms. The quantitative estimate of drug-likeness (QED) is 0.787. The average molecular weight is 339 g/mol. The second kappa shape index (κ2) is 5.79. The zero-order chi connectivity index (χ0) is 16.7. The molecule has 0 radical (unpaired) electrons. The van der Waals surface area contributed by atoms with Crippen LogP contribution in [-0.4, -0.2) is 28.6 Å². The maximum Gasteiger partial charge on any atom is 0.363 e. The van der Waals surface area contributed by atoms with Crippen LogP contribution in [0.3, 0.4) is 0 Å². The molecule has 0 saturated carbocycles. The van der Waals surface area contributed by atoms with Crippen LogP contribution >= 0.6 is 11.8 Å². The highest BCUT2D eigenvalue weighted by Gasteiger charge is 2.38. The van der Waals surface area contributed by atoms with E-state index < -0.39 is 17.8 Å². The largest absolute Gasteiger partial charge is 0.363 e. The van der Waals surface area contributed by atoms with Crippen molar-refractivity contribution in [3.8, 4) is 0 Å². The molecule has 4 rings (SSSR count). The van der Waals surface area contributed by atoms with E-state index in [0.29, 0.717) is 10.6 Å². The lowest BCUT2D eigenvalue weighted by Gasteiger charge is -2.17. The van der Waals surface area contributed by atoms with Crippen molar-refractivity contribution in [2.45, 2.75) is 17.7 Å². The minimum absolute atomic E-state index is 0.247. The van der Waals surface area contributed by atoms with Crippen LogP contribution < -0.4 is 0 Å². The Morgan fingerprint density at radius 1 is 1.04 bits per heavy atom. The Labute approximate surface area is 142 Å². The number of imide groups is 1. The number of hydrogen-bond acceptors (Lipinski definition) is 5. The van der Waals surface area contributed by atoms with E-state index in [2.05, 4.69) is 0 Å². The van der Waals surface area contributed by atoms with Crippen LogP contribution in [-0.2, 0) is 11.3 Å². The predicted molar refractivity (Wildman–Crippen MR) is 87.8 cm³/mol. The summed E-state index contributed by atoms with van der Waals surface area (Å²) < 4.78 is 0. The summed E-state index contributed by atoms with van der Waals surface area (Å²) in [6.45, 7) is 0. The number of hydrogen-bond donors (Lipinski definition) is 0. The Balaban J connectivity index is 1.57. The average Bonchev–Trinajstić information content (AvgIpc) is 2.86. The first-order valence-electron chi connectivity index (χ1n) is 7.61. The normalized spacial score (nSPS) is 15.9. The summed E-state index contributed by atoms with van der Waals surface area (Å²) in [6, 6.07) is 11.7. The summed E-state index contributed by atoms with van der Waals surface area (Å²) in [5.74, 6) is -0.857. The summed E-state index contributed by atoms with van der Waals surface area (Å²) in [7, 11) is 0. The predicted octanol–water partition coefficient (Wildman–Crippen LogP) is 3.09. The molecule has 2 aliphatic heterocycles. The van der Waals surface area contributed by atoms with Gasteiger partial charge in [-0.2, -0.15) is 0 Å². The number of thioether (sulfide) groups is 1. The van der Waals surface area contributed by atoms with Crippen LogP contribution in [0.4, 0.5) is 0 Å².